The lowest BCUT2D eigenvalue weighted by atomic mass is 10.1. The minimum Gasteiger partial charge on any atom is -0.482 e. The van der Waals surface area contributed by atoms with Crippen molar-refractivity contribution in [2.24, 2.45) is 0 Å². The first-order chi connectivity index (χ1) is 10.1. The van der Waals surface area contributed by atoms with E-state index in [2.05, 4.69) is 5.32 Å². The molecule has 0 atom stereocenters. The Kier molecular flexibility index (Phi) is 5.90. The summed E-state index contributed by atoms with van der Waals surface area (Å²) in [6.07, 6.45) is 0.721. The zero-order valence-electron chi connectivity index (χ0n) is 11.3. The van der Waals surface area contributed by atoms with Gasteiger partial charge < -0.3 is 10.1 Å². The van der Waals surface area contributed by atoms with E-state index in [4.69, 9.17) is 27.9 Å². The number of rotatable bonds is 6. The van der Waals surface area contributed by atoms with Gasteiger partial charge in [0.2, 0.25) is 0 Å². The molecule has 5 heteroatoms. The van der Waals surface area contributed by atoms with E-state index in [1.165, 1.54) is 0 Å². The number of hydrogen-bond donors (Lipinski definition) is 1. The van der Waals surface area contributed by atoms with Gasteiger partial charge in [0.15, 0.2) is 6.61 Å². The van der Waals surface area contributed by atoms with Gasteiger partial charge in [-0.1, -0.05) is 47.5 Å². The number of carbonyl (C=O) groups is 1. The van der Waals surface area contributed by atoms with Crippen molar-refractivity contribution in [3.8, 4) is 5.75 Å². The van der Waals surface area contributed by atoms with E-state index in [-0.39, 0.29) is 12.5 Å². The van der Waals surface area contributed by atoms with Gasteiger partial charge >= 0.3 is 0 Å². The predicted octanol–water partition coefficient (Wildman–Crippen LogP) is 3.73. The van der Waals surface area contributed by atoms with Crippen molar-refractivity contribution in [1.82, 2.24) is 5.32 Å². The maximum atomic E-state index is 11.7. The highest BCUT2D eigenvalue weighted by Crippen LogP contribution is 2.22. The molecule has 0 aromatic heterocycles. The minimum absolute atomic E-state index is 0.0563. The highest BCUT2D eigenvalue weighted by atomic mass is 35.5. The summed E-state index contributed by atoms with van der Waals surface area (Å²) in [6.45, 7) is 0.477. The molecule has 21 heavy (non-hydrogen) atoms. The average molecular weight is 324 g/mol. The lowest BCUT2D eigenvalue weighted by Crippen LogP contribution is -2.30. The molecular formula is C16H15Cl2NO2. The summed E-state index contributed by atoms with van der Waals surface area (Å²) in [5.41, 5.74) is 1.08. The van der Waals surface area contributed by atoms with Gasteiger partial charge in [-0.25, -0.2) is 0 Å². The Hall–Kier alpha value is -1.71. The Morgan fingerprint density at radius 1 is 1.10 bits per heavy atom. The highest BCUT2D eigenvalue weighted by molar-refractivity contribution is 6.32. The normalized spacial score (nSPS) is 10.2. The lowest BCUT2D eigenvalue weighted by molar-refractivity contribution is -0.123. The summed E-state index contributed by atoms with van der Waals surface area (Å²) in [5, 5.41) is 3.98. The molecule has 0 saturated heterocycles. The van der Waals surface area contributed by atoms with Crippen molar-refractivity contribution < 1.29 is 9.53 Å². The quantitative estimate of drug-likeness (QED) is 0.879. The lowest BCUT2D eigenvalue weighted by Gasteiger charge is -2.08. The van der Waals surface area contributed by atoms with Gasteiger partial charge in [-0.15, -0.1) is 0 Å². The van der Waals surface area contributed by atoms with E-state index < -0.39 is 0 Å². The third kappa shape index (κ3) is 5.29. The molecule has 110 valence electrons. The van der Waals surface area contributed by atoms with E-state index in [0.717, 1.165) is 12.0 Å². The second kappa shape index (κ2) is 7.91. The Morgan fingerprint density at radius 2 is 1.90 bits per heavy atom. The Labute approximate surface area is 133 Å². The molecule has 1 amide bonds. The number of benzene rings is 2. The Morgan fingerprint density at radius 3 is 2.67 bits per heavy atom. The monoisotopic (exact) mass is 323 g/mol. The van der Waals surface area contributed by atoms with Crippen LogP contribution in [0.25, 0.3) is 0 Å². The summed E-state index contributed by atoms with van der Waals surface area (Å²) >= 11 is 11.8. The Balaban J connectivity index is 1.72. The molecule has 0 spiro atoms. The molecule has 3 nitrogen and oxygen atoms in total. The van der Waals surface area contributed by atoms with E-state index in [0.29, 0.717) is 22.3 Å². The van der Waals surface area contributed by atoms with Crippen LogP contribution in [-0.4, -0.2) is 19.1 Å². The van der Waals surface area contributed by atoms with Crippen LogP contribution < -0.4 is 10.1 Å². The zero-order valence-corrected chi connectivity index (χ0v) is 12.8. The van der Waals surface area contributed by atoms with Gasteiger partial charge in [0.1, 0.15) is 5.75 Å². The van der Waals surface area contributed by atoms with Crippen LogP contribution >= 0.6 is 23.2 Å². The zero-order chi connectivity index (χ0) is 15.1. The summed E-state index contributed by atoms with van der Waals surface area (Å²) in [5.74, 6) is 0.320. The molecule has 0 aliphatic carbocycles. The second-order valence-corrected chi connectivity index (χ2v) is 5.29. The molecular weight excluding hydrogens is 309 g/mol. The van der Waals surface area contributed by atoms with Gasteiger partial charge in [0, 0.05) is 11.6 Å². The second-order valence-electron chi connectivity index (χ2n) is 4.45. The van der Waals surface area contributed by atoms with Gasteiger partial charge in [-0.05, 0) is 36.2 Å². The third-order valence-electron chi connectivity index (χ3n) is 2.82. The predicted molar refractivity (Wildman–Crippen MR) is 85.1 cm³/mol. The maximum Gasteiger partial charge on any atom is 0.257 e. The number of hydrogen-bond acceptors (Lipinski definition) is 2. The van der Waals surface area contributed by atoms with Crippen LogP contribution in [0.15, 0.2) is 48.5 Å². The van der Waals surface area contributed by atoms with Crippen molar-refractivity contribution in [2.45, 2.75) is 6.42 Å². The molecule has 0 unspecified atom stereocenters. The molecule has 2 aromatic rings. The number of para-hydroxylation sites is 1. The number of carbonyl (C=O) groups excluding carboxylic acids is 1. The summed E-state index contributed by atoms with van der Waals surface area (Å²) in [4.78, 5) is 11.7. The smallest absolute Gasteiger partial charge is 0.257 e. The van der Waals surface area contributed by atoms with E-state index in [1.54, 1.807) is 24.3 Å². The van der Waals surface area contributed by atoms with Gasteiger partial charge in [0.25, 0.3) is 5.91 Å². The minimum atomic E-state index is -0.183. The van der Waals surface area contributed by atoms with Crippen LogP contribution in [0.5, 0.6) is 5.75 Å². The fourth-order valence-corrected chi connectivity index (χ4v) is 2.20. The molecule has 0 saturated carbocycles. The molecule has 0 heterocycles. The van der Waals surface area contributed by atoms with Crippen LogP contribution in [0.2, 0.25) is 10.0 Å². The average Bonchev–Trinajstić information content (AvgIpc) is 2.46. The first kappa shape index (κ1) is 15.7. The van der Waals surface area contributed by atoms with E-state index >= 15 is 0 Å². The molecule has 0 bridgehead atoms. The molecule has 0 aliphatic rings. The number of nitrogens with one attached hydrogen (secondary N) is 1. The van der Waals surface area contributed by atoms with Crippen molar-refractivity contribution in [3.05, 3.63) is 64.1 Å². The molecule has 2 rings (SSSR count). The molecule has 0 fully saturated rings. The first-order valence-electron chi connectivity index (χ1n) is 6.53. The van der Waals surface area contributed by atoms with E-state index in [1.807, 2.05) is 24.3 Å². The van der Waals surface area contributed by atoms with Crippen LogP contribution in [0.1, 0.15) is 5.56 Å². The SMILES string of the molecule is O=C(COc1ccccc1Cl)NCCc1cccc(Cl)c1. The number of ether oxygens (including phenoxy) is 1. The van der Waals surface area contributed by atoms with Crippen LogP contribution in [-0.2, 0) is 11.2 Å². The van der Waals surface area contributed by atoms with Crippen LogP contribution in [0.3, 0.4) is 0 Å². The van der Waals surface area contributed by atoms with Crippen molar-refractivity contribution >= 4 is 29.1 Å². The van der Waals surface area contributed by atoms with Crippen LogP contribution in [0.4, 0.5) is 0 Å². The first-order valence-corrected chi connectivity index (χ1v) is 7.29. The largest absolute Gasteiger partial charge is 0.482 e. The van der Waals surface area contributed by atoms with Crippen molar-refractivity contribution in [3.63, 3.8) is 0 Å². The number of amides is 1. The summed E-state index contributed by atoms with van der Waals surface area (Å²) in [7, 11) is 0. The standard InChI is InChI=1S/C16H15Cl2NO2/c17-13-5-3-4-12(10-13)8-9-19-16(20)11-21-15-7-2-1-6-14(15)18/h1-7,10H,8-9,11H2,(H,19,20). The topological polar surface area (TPSA) is 38.3 Å². The van der Waals surface area contributed by atoms with Crippen LogP contribution in [0, 0.1) is 0 Å². The maximum absolute atomic E-state index is 11.7. The molecule has 0 radical (unpaired) electrons. The number of halogens is 2. The van der Waals surface area contributed by atoms with Gasteiger partial charge in [-0.3, -0.25) is 4.79 Å². The summed E-state index contributed by atoms with van der Waals surface area (Å²) < 4.78 is 5.36. The highest BCUT2D eigenvalue weighted by Gasteiger charge is 2.05. The van der Waals surface area contributed by atoms with Crippen molar-refractivity contribution in [1.29, 1.82) is 0 Å². The molecule has 2 aromatic carbocycles. The fraction of sp³-hybridized carbons (Fsp3) is 0.188. The van der Waals surface area contributed by atoms with Gasteiger partial charge in [-0.2, -0.15) is 0 Å². The molecule has 0 aliphatic heterocycles. The van der Waals surface area contributed by atoms with E-state index in [9.17, 15) is 4.79 Å². The van der Waals surface area contributed by atoms with Crippen molar-refractivity contribution in [2.75, 3.05) is 13.2 Å². The fourth-order valence-electron chi connectivity index (χ4n) is 1.79. The molecule has 1 N–H and O–H groups in total. The third-order valence-corrected chi connectivity index (χ3v) is 3.37. The summed E-state index contributed by atoms with van der Waals surface area (Å²) in [6, 6.07) is 14.6. The Bertz CT molecular complexity index is 617. The van der Waals surface area contributed by atoms with Gasteiger partial charge in [0.05, 0.1) is 5.02 Å².